The molecule has 0 spiro atoms. The molecule has 6 heteroatoms. The Morgan fingerprint density at radius 1 is 1.04 bits per heavy atom. The summed E-state index contributed by atoms with van der Waals surface area (Å²) < 4.78 is 13.3. The van der Waals surface area contributed by atoms with Crippen LogP contribution in [-0.2, 0) is 6.42 Å². The molecule has 0 aliphatic carbocycles. The second kappa shape index (κ2) is 7.92. The van der Waals surface area contributed by atoms with E-state index in [2.05, 4.69) is 26.7 Å². The number of aromatic amines is 1. The van der Waals surface area contributed by atoms with Crippen LogP contribution in [0.5, 0.6) is 0 Å². The average Bonchev–Trinajstić information content (AvgIpc) is 3.11. The van der Waals surface area contributed by atoms with Crippen molar-refractivity contribution >= 4 is 28.2 Å². The van der Waals surface area contributed by atoms with Gasteiger partial charge in [0.25, 0.3) is 5.91 Å². The van der Waals surface area contributed by atoms with Crippen LogP contribution in [-0.4, -0.2) is 22.4 Å². The second-order valence-corrected chi connectivity index (χ2v) is 6.46. The minimum absolute atomic E-state index is 0.199. The standard InChI is InChI=1S/C22H19FN4O/c23-17-4-3-5-18(11-17)27-19-10-16(12-24-14-19)22(28)25-9-8-15-13-26-21-7-2-1-6-20(15)21/h1-7,10-14,26-27H,8-9H2,(H,25,28). The Bertz CT molecular complexity index is 1120. The molecule has 0 saturated heterocycles. The summed E-state index contributed by atoms with van der Waals surface area (Å²) >= 11 is 0. The Labute approximate surface area is 161 Å². The highest BCUT2D eigenvalue weighted by atomic mass is 19.1. The molecule has 0 saturated carbocycles. The highest BCUT2D eigenvalue weighted by molar-refractivity contribution is 5.95. The van der Waals surface area contributed by atoms with Crippen molar-refractivity contribution in [2.45, 2.75) is 6.42 Å². The van der Waals surface area contributed by atoms with Gasteiger partial charge in [0.05, 0.1) is 17.4 Å². The summed E-state index contributed by atoms with van der Waals surface area (Å²) in [5.74, 6) is -0.528. The summed E-state index contributed by atoms with van der Waals surface area (Å²) in [6.45, 7) is 0.516. The molecule has 4 aromatic rings. The van der Waals surface area contributed by atoms with Crippen molar-refractivity contribution in [3.05, 3.63) is 90.1 Å². The zero-order valence-corrected chi connectivity index (χ0v) is 15.1. The van der Waals surface area contributed by atoms with E-state index in [1.165, 1.54) is 23.7 Å². The number of hydrogen-bond acceptors (Lipinski definition) is 3. The van der Waals surface area contributed by atoms with Crippen LogP contribution in [0.1, 0.15) is 15.9 Å². The summed E-state index contributed by atoms with van der Waals surface area (Å²) in [6.07, 6.45) is 5.80. The molecule has 0 atom stereocenters. The summed E-state index contributed by atoms with van der Waals surface area (Å²) in [4.78, 5) is 19.8. The number of para-hydroxylation sites is 1. The first-order valence-electron chi connectivity index (χ1n) is 9.00. The van der Waals surface area contributed by atoms with Gasteiger partial charge in [-0.3, -0.25) is 9.78 Å². The molecule has 2 aromatic heterocycles. The van der Waals surface area contributed by atoms with Crippen molar-refractivity contribution in [2.75, 3.05) is 11.9 Å². The van der Waals surface area contributed by atoms with E-state index in [0.29, 0.717) is 23.5 Å². The van der Waals surface area contributed by atoms with Crippen molar-refractivity contribution in [3.8, 4) is 0 Å². The van der Waals surface area contributed by atoms with Gasteiger partial charge in [0.2, 0.25) is 0 Å². The molecule has 140 valence electrons. The van der Waals surface area contributed by atoms with Crippen LogP contribution in [0.3, 0.4) is 0 Å². The number of benzene rings is 2. The van der Waals surface area contributed by atoms with Crippen LogP contribution >= 0.6 is 0 Å². The van der Waals surface area contributed by atoms with Gasteiger partial charge >= 0.3 is 0 Å². The zero-order valence-electron chi connectivity index (χ0n) is 15.1. The van der Waals surface area contributed by atoms with Crippen LogP contribution in [0.15, 0.2) is 73.2 Å². The Kier molecular flexibility index (Phi) is 5.01. The van der Waals surface area contributed by atoms with Gasteiger partial charge in [-0.05, 0) is 42.3 Å². The monoisotopic (exact) mass is 374 g/mol. The smallest absolute Gasteiger partial charge is 0.252 e. The highest BCUT2D eigenvalue weighted by Gasteiger charge is 2.08. The van der Waals surface area contributed by atoms with Crippen LogP contribution < -0.4 is 10.6 Å². The molecule has 0 unspecified atom stereocenters. The fraction of sp³-hybridized carbons (Fsp3) is 0.0909. The van der Waals surface area contributed by atoms with E-state index >= 15 is 0 Å². The first kappa shape index (κ1) is 17.7. The number of nitrogens with one attached hydrogen (secondary N) is 3. The number of anilines is 2. The topological polar surface area (TPSA) is 69.8 Å². The van der Waals surface area contributed by atoms with Gasteiger partial charge in [-0.1, -0.05) is 24.3 Å². The van der Waals surface area contributed by atoms with Gasteiger partial charge in [-0.15, -0.1) is 0 Å². The van der Waals surface area contributed by atoms with Crippen LogP contribution in [0.25, 0.3) is 10.9 Å². The van der Waals surface area contributed by atoms with Gasteiger partial charge in [0.1, 0.15) is 5.82 Å². The number of H-pyrrole nitrogens is 1. The number of aromatic nitrogens is 2. The number of carbonyl (C=O) groups excluding carboxylic acids is 1. The number of rotatable bonds is 6. The Morgan fingerprint density at radius 3 is 2.82 bits per heavy atom. The molecule has 4 rings (SSSR count). The third kappa shape index (κ3) is 4.01. The van der Waals surface area contributed by atoms with Crippen molar-refractivity contribution in [3.63, 3.8) is 0 Å². The zero-order chi connectivity index (χ0) is 19.3. The van der Waals surface area contributed by atoms with Crippen molar-refractivity contribution in [1.29, 1.82) is 0 Å². The third-order valence-corrected chi connectivity index (χ3v) is 4.47. The summed E-state index contributed by atoms with van der Waals surface area (Å²) in [5, 5.41) is 7.14. The number of hydrogen-bond donors (Lipinski definition) is 3. The quantitative estimate of drug-likeness (QED) is 0.468. The minimum Gasteiger partial charge on any atom is -0.361 e. The second-order valence-electron chi connectivity index (χ2n) is 6.46. The Balaban J connectivity index is 1.38. The number of carbonyl (C=O) groups is 1. The predicted octanol–water partition coefficient (Wildman–Crippen LogP) is 4.42. The predicted molar refractivity (Wildman–Crippen MR) is 108 cm³/mol. The number of fused-ring (bicyclic) bond motifs is 1. The highest BCUT2D eigenvalue weighted by Crippen LogP contribution is 2.19. The fourth-order valence-corrected chi connectivity index (χ4v) is 3.12. The van der Waals surface area contributed by atoms with Crippen LogP contribution in [0, 0.1) is 5.82 Å². The minimum atomic E-state index is -0.330. The lowest BCUT2D eigenvalue weighted by atomic mass is 10.1. The maximum Gasteiger partial charge on any atom is 0.252 e. The number of pyridine rings is 1. The van der Waals surface area contributed by atoms with E-state index in [1.54, 1.807) is 24.4 Å². The molecule has 0 bridgehead atoms. The van der Waals surface area contributed by atoms with E-state index in [0.717, 1.165) is 17.5 Å². The maximum atomic E-state index is 13.3. The number of amides is 1. The summed E-state index contributed by atoms with van der Waals surface area (Å²) in [7, 11) is 0. The first-order chi connectivity index (χ1) is 13.7. The molecule has 0 aliphatic heterocycles. The van der Waals surface area contributed by atoms with Crippen LogP contribution in [0.2, 0.25) is 0 Å². The molecule has 2 aromatic carbocycles. The normalized spacial score (nSPS) is 10.8. The van der Waals surface area contributed by atoms with Gasteiger partial charge < -0.3 is 15.6 Å². The molecular formula is C22H19FN4O. The SMILES string of the molecule is O=C(NCCc1c[nH]c2ccccc12)c1cncc(Nc2cccc(F)c2)c1. The van der Waals surface area contributed by atoms with E-state index in [4.69, 9.17) is 0 Å². The van der Waals surface area contributed by atoms with Gasteiger partial charge in [-0.2, -0.15) is 0 Å². The van der Waals surface area contributed by atoms with Gasteiger partial charge in [0.15, 0.2) is 0 Å². The molecule has 2 heterocycles. The maximum absolute atomic E-state index is 13.3. The van der Waals surface area contributed by atoms with E-state index in [9.17, 15) is 9.18 Å². The van der Waals surface area contributed by atoms with Gasteiger partial charge in [-0.25, -0.2) is 4.39 Å². The lowest BCUT2D eigenvalue weighted by molar-refractivity contribution is 0.0954. The fourth-order valence-electron chi connectivity index (χ4n) is 3.12. The first-order valence-corrected chi connectivity index (χ1v) is 9.00. The molecule has 3 N–H and O–H groups in total. The molecule has 0 radical (unpaired) electrons. The molecule has 5 nitrogen and oxygen atoms in total. The summed E-state index contributed by atoms with van der Waals surface area (Å²) in [5.41, 5.74) is 3.91. The molecule has 0 aliphatic rings. The number of halogens is 1. The molecular weight excluding hydrogens is 355 g/mol. The van der Waals surface area contributed by atoms with Crippen molar-refractivity contribution < 1.29 is 9.18 Å². The van der Waals surface area contributed by atoms with E-state index in [1.807, 2.05) is 24.4 Å². The molecule has 0 fully saturated rings. The Hall–Kier alpha value is -3.67. The van der Waals surface area contributed by atoms with E-state index < -0.39 is 0 Å². The molecule has 1 amide bonds. The van der Waals surface area contributed by atoms with Crippen molar-refractivity contribution in [1.82, 2.24) is 15.3 Å². The third-order valence-electron chi connectivity index (χ3n) is 4.47. The number of nitrogens with zero attached hydrogens (tertiary/aromatic N) is 1. The largest absolute Gasteiger partial charge is 0.361 e. The van der Waals surface area contributed by atoms with E-state index in [-0.39, 0.29) is 11.7 Å². The van der Waals surface area contributed by atoms with Crippen molar-refractivity contribution in [2.24, 2.45) is 0 Å². The van der Waals surface area contributed by atoms with Crippen LogP contribution in [0.4, 0.5) is 15.8 Å². The van der Waals surface area contributed by atoms with Gasteiger partial charge in [0, 0.05) is 35.5 Å². The summed E-state index contributed by atoms with van der Waals surface area (Å²) in [6, 6.07) is 15.9. The lowest BCUT2D eigenvalue weighted by Gasteiger charge is -2.09. The lowest BCUT2D eigenvalue weighted by Crippen LogP contribution is -2.25. The molecule has 28 heavy (non-hydrogen) atoms. The Morgan fingerprint density at radius 2 is 1.93 bits per heavy atom. The average molecular weight is 374 g/mol.